The third-order valence-electron chi connectivity index (χ3n) is 0.907. The maximum absolute atomic E-state index is 8.25. The van der Waals surface area contributed by atoms with E-state index in [0.29, 0.717) is 12.4 Å². The molecule has 0 spiro atoms. The second-order valence-electron chi connectivity index (χ2n) is 1.63. The van der Waals surface area contributed by atoms with Crippen molar-refractivity contribution in [3.63, 3.8) is 0 Å². The standard InChI is InChI=1S/C5H6N3/c1-8-3-5(2-6)7-4-8/h7H,4H2,1H3. The number of hydrogen-bond acceptors (Lipinski definition) is 3. The normalized spacial score (nSPS) is 17.0. The predicted octanol–water partition coefficient (Wildman–Crippen LogP) is -0.353. The van der Waals surface area contributed by atoms with Crippen molar-refractivity contribution >= 4 is 0 Å². The van der Waals surface area contributed by atoms with Gasteiger partial charge in [0.05, 0.1) is 12.9 Å². The molecule has 1 N–H and O–H groups in total. The van der Waals surface area contributed by atoms with Crippen LogP contribution in [0.15, 0.2) is 5.70 Å². The van der Waals surface area contributed by atoms with Gasteiger partial charge >= 0.3 is 0 Å². The molecule has 1 radical (unpaired) electrons. The summed E-state index contributed by atoms with van der Waals surface area (Å²) >= 11 is 0. The van der Waals surface area contributed by atoms with Crippen LogP contribution in [0.25, 0.3) is 0 Å². The summed E-state index contributed by atoms with van der Waals surface area (Å²) in [5.74, 6) is 0. The first-order valence-corrected chi connectivity index (χ1v) is 2.31. The molecule has 0 aliphatic carbocycles. The van der Waals surface area contributed by atoms with E-state index in [1.54, 1.807) is 4.90 Å². The first-order valence-electron chi connectivity index (χ1n) is 2.31. The first kappa shape index (κ1) is 4.98. The highest BCUT2D eigenvalue weighted by Crippen LogP contribution is 1.95. The van der Waals surface area contributed by atoms with Gasteiger partial charge in [-0.3, -0.25) is 0 Å². The summed E-state index contributed by atoms with van der Waals surface area (Å²) in [4.78, 5) is 1.79. The molecular formula is C5H6N3. The van der Waals surface area contributed by atoms with Gasteiger partial charge in [-0.05, 0) is 0 Å². The van der Waals surface area contributed by atoms with E-state index >= 15 is 0 Å². The van der Waals surface area contributed by atoms with Crippen molar-refractivity contribution < 1.29 is 0 Å². The SMILES string of the molecule is CN1[C]=C(C#N)NC1. The van der Waals surface area contributed by atoms with Crippen LogP contribution >= 0.6 is 0 Å². The molecule has 1 aliphatic rings. The fraction of sp³-hybridized carbons (Fsp3) is 0.400. The lowest BCUT2D eigenvalue weighted by Gasteiger charge is -2.01. The Hall–Kier alpha value is -1.17. The molecule has 0 bridgehead atoms. The van der Waals surface area contributed by atoms with E-state index in [2.05, 4.69) is 11.5 Å². The van der Waals surface area contributed by atoms with Crippen molar-refractivity contribution in [1.29, 1.82) is 5.26 Å². The summed E-state index contributed by atoms with van der Waals surface area (Å²) in [6.07, 6.45) is 2.78. The minimum atomic E-state index is 0.521. The van der Waals surface area contributed by atoms with Gasteiger partial charge in [0.2, 0.25) is 0 Å². The Kier molecular flexibility index (Phi) is 1.09. The quantitative estimate of drug-likeness (QED) is 0.461. The minimum Gasteiger partial charge on any atom is -0.357 e. The summed E-state index contributed by atoms with van der Waals surface area (Å²) in [5, 5.41) is 11.1. The molecule has 0 aromatic heterocycles. The second kappa shape index (κ2) is 1.74. The van der Waals surface area contributed by atoms with Crippen molar-refractivity contribution in [2.45, 2.75) is 0 Å². The fourth-order valence-electron chi connectivity index (χ4n) is 0.532. The van der Waals surface area contributed by atoms with E-state index in [0.717, 1.165) is 0 Å². The molecular weight excluding hydrogens is 102 g/mol. The average molecular weight is 108 g/mol. The number of nitrogens with zero attached hydrogens (tertiary/aromatic N) is 2. The van der Waals surface area contributed by atoms with Gasteiger partial charge in [0.25, 0.3) is 0 Å². The number of rotatable bonds is 0. The van der Waals surface area contributed by atoms with E-state index in [-0.39, 0.29) is 0 Å². The van der Waals surface area contributed by atoms with Gasteiger partial charge in [-0.2, -0.15) is 5.26 Å². The average Bonchev–Trinajstić information content (AvgIpc) is 2.14. The number of nitrogens with one attached hydrogen (secondary N) is 1. The summed E-state index contributed by atoms with van der Waals surface area (Å²) in [5.41, 5.74) is 0.521. The molecule has 3 nitrogen and oxygen atoms in total. The zero-order valence-electron chi connectivity index (χ0n) is 4.60. The van der Waals surface area contributed by atoms with Gasteiger partial charge in [0.15, 0.2) is 0 Å². The van der Waals surface area contributed by atoms with Crippen molar-refractivity contribution in [3.05, 3.63) is 11.9 Å². The molecule has 0 atom stereocenters. The van der Waals surface area contributed by atoms with Crippen molar-refractivity contribution in [2.75, 3.05) is 13.7 Å². The zero-order chi connectivity index (χ0) is 5.98. The maximum Gasteiger partial charge on any atom is 0.140 e. The number of nitriles is 1. The molecule has 1 heterocycles. The Labute approximate surface area is 48.2 Å². The van der Waals surface area contributed by atoms with Crippen molar-refractivity contribution in [1.82, 2.24) is 10.2 Å². The summed E-state index contributed by atoms with van der Waals surface area (Å²) in [6.45, 7) is 0.697. The lowest BCUT2D eigenvalue weighted by atomic mass is 10.5. The van der Waals surface area contributed by atoms with E-state index in [4.69, 9.17) is 5.26 Å². The molecule has 0 aromatic rings. The summed E-state index contributed by atoms with van der Waals surface area (Å²) in [7, 11) is 1.86. The van der Waals surface area contributed by atoms with Crippen LogP contribution in [0.5, 0.6) is 0 Å². The van der Waals surface area contributed by atoms with Gasteiger partial charge in [-0.15, -0.1) is 0 Å². The Morgan fingerprint density at radius 2 is 2.75 bits per heavy atom. The predicted molar refractivity (Wildman–Crippen MR) is 28.1 cm³/mol. The van der Waals surface area contributed by atoms with Gasteiger partial charge in [0, 0.05) is 7.05 Å². The van der Waals surface area contributed by atoms with Gasteiger partial charge < -0.3 is 10.2 Å². The van der Waals surface area contributed by atoms with Gasteiger partial charge in [0.1, 0.15) is 11.8 Å². The number of hydrogen-bond donors (Lipinski definition) is 1. The Bertz CT molecular complexity index is 154. The van der Waals surface area contributed by atoms with Crippen LogP contribution in [0.4, 0.5) is 0 Å². The van der Waals surface area contributed by atoms with Crippen molar-refractivity contribution in [2.24, 2.45) is 0 Å². The topological polar surface area (TPSA) is 39.1 Å². The lowest BCUT2D eigenvalue weighted by Crippen LogP contribution is -2.16. The third kappa shape index (κ3) is 0.733. The van der Waals surface area contributed by atoms with Gasteiger partial charge in [-0.25, -0.2) is 0 Å². The fourth-order valence-corrected chi connectivity index (χ4v) is 0.532. The molecule has 0 fully saturated rings. The molecule has 0 amide bonds. The third-order valence-corrected chi connectivity index (χ3v) is 0.907. The Morgan fingerprint density at radius 1 is 2.00 bits per heavy atom. The smallest absolute Gasteiger partial charge is 0.140 e. The molecule has 0 saturated heterocycles. The van der Waals surface area contributed by atoms with Crippen LogP contribution in [0.3, 0.4) is 0 Å². The molecule has 0 saturated carbocycles. The van der Waals surface area contributed by atoms with Gasteiger partial charge in [-0.1, -0.05) is 0 Å². The highest BCUT2D eigenvalue weighted by molar-refractivity contribution is 5.16. The maximum atomic E-state index is 8.25. The van der Waals surface area contributed by atoms with E-state index < -0.39 is 0 Å². The van der Waals surface area contributed by atoms with Crippen LogP contribution < -0.4 is 5.32 Å². The molecule has 8 heavy (non-hydrogen) atoms. The summed E-state index contributed by atoms with van der Waals surface area (Å²) < 4.78 is 0. The van der Waals surface area contributed by atoms with E-state index in [1.165, 1.54) is 0 Å². The van der Waals surface area contributed by atoms with Crippen LogP contribution in [0, 0.1) is 17.5 Å². The monoisotopic (exact) mass is 108 g/mol. The van der Waals surface area contributed by atoms with Crippen LogP contribution in [-0.4, -0.2) is 18.6 Å². The molecule has 0 unspecified atom stereocenters. The first-order chi connectivity index (χ1) is 3.83. The van der Waals surface area contributed by atoms with E-state index in [1.807, 2.05) is 13.1 Å². The Morgan fingerprint density at radius 3 is 3.00 bits per heavy atom. The minimum absolute atomic E-state index is 0.521. The molecule has 0 aromatic carbocycles. The van der Waals surface area contributed by atoms with Crippen molar-refractivity contribution in [3.8, 4) is 6.07 Å². The highest BCUT2D eigenvalue weighted by atomic mass is 15.2. The largest absolute Gasteiger partial charge is 0.357 e. The van der Waals surface area contributed by atoms with Crippen LogP contribution in [-0.2, 0) is 0 Å². The van der Waals surface area contributed by atoms with Crippen LogP contribution in [0.1, 0.15) is 0 Å². The van der Waals surface area contributed by atoms with Crippen LogP contribution in [0.2, 0.25) is 0 Å². The molecule has 1 rings (SSSR count). The highest BCUT2D eigenvalue weighted by Gasteiger charge is 2.04. The Balaban J connectivity index is 2.61. The number of allylic oxidation sites excluding steroid dienone is 1. The molecule has 1 aliphatic heterocycles. The summed E-state index contributed by atoms with van der Waals surface area (Å²) in [6, 6.07) is 1.95. The van der Waals surface area contributed by atoms with E-state index in [9.17, 15) is 0 Å². The molecule has 3 heteroatoms. The molecule has 41 valence electrons. The zero-order valence-corrected chi connectivity index (χ0v) is 4.60. The second-order valence-corrected chi connectivity index (χ2v) is 1.63. The lowest BCUT2D eigenvalue weighted by molar-refractivity contribution is 0.458.